The largest absolute Gasteiger partial charge is 0.474 e. The Morgan fingerprint density at radius 3 is 2.77 bits per heavy atom. The normalized spacial score (nSPS) is 19.2. The summed E-state index contributed by atoms with van der Waals surface area (Å²) < 4.78 is 5.92. The number of carbonyl (C=O) groups is 2. The second-order valence-corrected chi connectivity index (χ2v) is 7.48. The molecular formula is C22H25N5O3. The van der Waals surface area contributed by atoms with Gasteiger partial charge < -0.3 is 10.1 Å². The maximum atomic E-state index is 12.7. The lowest BCUT2D eigenvalue weighted by atomic mass is 10.2. The Hall–Kier alpha value is -3.42. The van der Waals surface area contributed by atoms with Crippen LogP contribution in [0.5, 0.6) is 5.88 Å². The van der Waals surface area contributed by atoms with E-state index in [1.54, 1.807) is 25.3 Å². The molecule has 30 heavy (non-hydrogen) atoms. The van der Waals surface area contributed by atoms with Crippen LogP contribution in [0.25, 0.3) is 0 Å². The summed E-state index contributed by atoms with van der Waals surface area (Å²) in [5.41, 5.74) is 4.36. The van der Waals surface area contributed by atoms with Crippen LogP contribution in [-0.2, 0) is 16.1 Å². The summed E-state index contributed by atoms with van der Waals surface area (Å²) in [5.74, 6) is 0.0737. The number of hydrazine groups is 1. The smallest absolute Gasteiger partial charge is 0.288 e. The number of hydrogen-bond donors (Lipinski definition) is 2. The summed E-state index contributed by atoms with van der Waals surface area (Å²) >= 11 is 0. The molecule has 2 aliphatic rings. The van der Waals surface area contributed by atoms with Crippen LogP contribution in [0.15, 0.2) is 53.7 Å². The molecule has 2 heterocycles. The summed E-state index contributed by atoms with van der Waals surface area (Å²) in [6.45, 7) is 1.97. The van der Waals surface area contributed by atoms with Crippen LogP contribution in [0, 0.1) is 0 Å². The van der Waals surface area contributed by atoms with Gasteiger partial charge in [-0.25, -0.2) is 15.0 Å². The number of anilines is 1. The van der Waals surface area contributed by atoms with Crippen molar-refractivity contribution in [2.45, 2.75) is 51.3 Å². The Kier molecular flexibility index (Phi) is 5.92. The molecule has 4 rings (SSSR count). The Morgan fingerprint density at radius 2 is 2.00 bits per heavy atom. The number of nitrogens with zero attached hydrogens (tertiary/aromatic N) is 3. The Morgan fingerprint density at radius 1 is 1.23 bits per heavy atom. The molecule has 8 nitrogen and oxygen atoms in total. The first-order chi connectivity index (χ1) is 14.6. The van der Waals surface area contributed by atoms with E-state index in [0.29, 0.717) is 18.1 Å². The summed E-state index contributed by atoms with van der Waals surface area (Å²) in [4.78, 5) is 33.6. The molecule has 0 spiro atoms. The monoisotopic (exact) mass is 407 g/mol. The summed E-state index contributed by atoms with van der Waals surface area (Å²) in [6.07, 6.45) is 6.41. The average Bonchev–Trinajstić information content (AvgIpc) is 3.28. The number of carbonyl (C=O) groups excluding carboxylic acids is 2. The van der Waals surface area contributed by atoms with Gasteiger partial charge >= 0.3 is 0 Å². The second kappa shape index (κ2) is 8.94. The topological polar surface area (TPSA) is 95.9 Å². The number of nitrogens with one attached hydrogen (secondary N) is 2. The van der Waals surface area contributed by atoms with E-state index in [9.17, 15) is 9.59 Å². The van der Waals surface area contributed by atoms with Gasteiger partial charge in [-0.1, -0.05) is 18.2 Å². The summed E-state index contributed by atoms with van der Waals surface area (Å²) in [7, 11) is 0. The Balaban J connectivity index is 1.39. The molecule has 156 valence electrons. The third-order valence-electron chi connectivity index (χ3n) is 5.19. The minimum Gasteiger partial charge on any atom is -0.474 e. The minimum absolute atomic E-state index is 0.0995. The number of ether oxygens (including phenoxy) is 1. The fourth-order valence-electron chi connectivity index (χ4n) is 3.57. The number of para-hydroxylation sites is 1. The van der Waals surface area contributed by atoms with E-state index in [1.807, 2.05) is 30.3 Å². The zero-order valence-corrected chi connectivity index (χ0v) is 16.9. The highest BCUT2D eigenvalue weighted by molar-refractivity contribution is 6.39. The molecule has 2 N–H and O–H groups in total. The third kappa shape index (κ3) is 4.59. The van der Waals surface area contributed by atoms with Crippen molar-refractivity contribution in [3.8, 4) is 5.88 Å². The fraction of sp³-hybridized carbons (Fsp3) is 0.364. The lowest BCUT2D eigenvalue weighted by Crippen LogP contribution is -2.57. The Labute approximate surface area is 175 Å². The van der Waals surface area contributed by atoms with Crippen LogP contribution < -0.4 is 20.5 Å². The number of pyridine rings is 1. The average molecular weight is 407 g/mol. The predicted molar refractivity (Wildman–Crippen MR) is 113 cm³/mol. The molecule has 2 aromatic rings. The number of amides is 2. The number of hydrogen-bond acceptors (Lipinski definition) is 6. The Bertz CT molecular complexity index is 941. The molecule has 1 aliphatic heterocycles. The number of rotatable bonds is 6. The molecule has 1 aromatic heterocycles. The van der Waals surface area contributed by atoms with Crippen LogP contribution in [0.2, 0.25) is 0 Å². The highest BCUT2D eigenvalue weighted by atomic mass is 16.5. The van der Waals surface area contributed by atoms with Gasteiger partial charge in [0.2, 0.25) is 11.7 Å². The molecule has 0 saturated heterocycles. The lowest BCUT2D eigenvalue weighted by molar-refractivity contribution is -0.120. The van der Waals surface area contributed by atoms with Crippen molar-refractivity contribution in [2.24, 2.45) is 4.99 Å². The summed E-state index contributed by atoms with van der Waals surface area (Å²) in [5, 5.41) is 4.20. The van der Waals surface area contributed by atoms with Crippen LogP contribution >= 0.6 is 0 Å². The first-order valence-corrected chi connectivity index (χ1v) is 10.2. The second-order valence-electron chi connectivity index (χ2n) is 7.48. The number of aliphatic imine (C=N–C) groups is 1. The van der Waals surface area contributed by atoms with Crippen LogP contribution in [-0.4, -0.2) is 34.8 Å². The molecule has 1 aliphatic carbocycles. The molecule has 1 atom stereocenters. The van der Waals surface area contributed by atoms with Crippen molar-refractivity contribution in [2.75, 3.05) is 5.01 Å². The molecule has 1 unspecified atom stereocenters. The van der Waals surface area contributed by atoms with Crippen molar-refractivity contribution in [1.29, 1.82) is 0 Å². The highest BCUT2D eigenvalue weighted by Crippen LogP contribution is 2.23. The maximum absolute atomic E-state index is 12.7. The van der Waals surface area contributed by atoms with Gasteiger partial charge in [-0.05, 0) is 56.4 Å². The van der Waals surface area contributed by atoms with Gasteiger partial charge in [-0.15, -0.1) is 0 Å². The van der Waals surface area contributed by atoms with Crippen molar-refractivity contribution >= 4 is 23.3 Å². The van der Waals surface area contributed by atoms with Gasteiger partial charge in [0, 0.05) is 18.8 Å². The van der Waals surface area contributed by atoms with Gasteiger partial charge in [0.05, 0.1) is 5.69 Å². The molecule has 0 radical (unpaired) electrons. The summed E-state index contributed by atoms with van der Waals surface area (Å²) in [6, 6.07) is 12.1. The van der Waals surface area contributed by atoms with E-state index in [4.69, 9.17) is 4.74 Å². The van der Waals surface area contributed by atoms with E-state index < -0.39 is 6.04 Å². The SMILES string of the molecule is CC1N=C(C(=O)NCc2ccnc(OC3CCCC3)c2)NN(c2ccccc2)C1=O. The van der Waals surface area contributed by atoms with E-state index in [-0.39, 0.29) is 23.8 Å². The minimum atomic E-state index is -0.653. The number of aromatic nitrogens is 1. The van der Waals surface area contributed by atoms with Crippen molar-refractivity contribution in [3.05, 3.63) is 54.2 Å². The first kappa shape index (κ1) is 19.9. The van der Waals surface area contributed by atoms with Gasteiger partial charge in [0.1, 0.15) is 12.1 Å². The van der Waals surface area contributed by atoms with Crippen LogP contribution in [0.4, 0.5) is 5.69 Å². The standard InChI is InChI=1S/C22H25N5O3/c1-15-22(29)27(17-7-3-2-4-8-17)26-20(25-15)21(28)24-14-16-11-12-23-19(13-16)30-18-9-5-6-10-18/h2-4,7-8,11-13,15,18H,5-6,9-10,14H2,1H3,(H,24,28)(H,25,26). The predicted octanol–water partition coefficient (Wildman–Crippen LogP) is 2.36. The highest BCUT2D eigenvalue weighted by Gasteiger charge is 2.30. The van der Waals surface area contributed by atoms with E-state index in [1.165, 1.54) is 17.9 Å². The van der Waals surface area contributed by atoms with Crippen LogP contribution in [0.1, 0.15) is 38.2 Å². The van der Waals surface area contributed by atoms with E-state index in [0.717, 1.165) is 18.4 Å². The zero-order chi connectivity index (χ0) is 20.9. The molecule has 0 bridgehead atoms. The fourth-order valence-corrected chi connectivity index (χ4v) is 3.57. The molecule has 2 amide bonds. The number of amidine groups is 1. The van der Waals surface area contributed by atoms with Crippen molar-refractivity contribution in [3.63, 3.8) is 0 Å². The van der Waals surface area contributed by atoms with Crippen LogP contribution in [0.3, 0.4) is 0 Å². The molecule has 8 heteroatoms. The number of benzene rings is 1. The van der Waals surface area contributed by atoms with Crippen molar-refractivity contribution < 1.29 is 14.3 Å². The van der Waals surface area contributed by atoms with Gasteiger partial charge in [-0.3, -0.25) is 15.0 Å². The molecule has 1 saturated carbocycles. The van der Waals surface area contributed by atoms with Gasteiger partial charge in [0.15, 0.2) is 0 Å². The molecule has 1 fully saturated rings. The van der Waals surface area contributed by atoms with Gasteiger partial charge in [0.25, 0.3) is 11.8 Å². The lowest BCUT2D eigenvalue weighted by Gasteiger charge is -2.30. The van der Waals surface area contributed by atoms with Gasteiger partial charge in [-0.2, -0.15) is 0 Å². The quantitative estimate of drug-likeness (QED) is 0.766. The first-order valence-electron chi connectivity index (χ1n) is 10.2. The molecular weight excluding hydrogens is 382 g/mol. The van der Waals surface area contributed by atoms with Crippen molar-refractivity contribution in [1.82, 2.24) is 15.7 Å². The van der Waals surface area contributed by atoms with E-state index in [2.05, 4.69) is 20.7 Å². The molecule has 1 aromatic carbocycles. The maximum Gasteiger partial charge on any atom is 0.288 e. The zero-order valence-electron chi connectivity index (χ0n) is 16.9. The van der Waals surface area contributed by atoms with E-state index >= 15 is 0 Å². The third-order valence-corrected chi connectivity index (χ3v) is 5.19.